The maximum absolute atomic E-state index is 6.40. The quantitative estimate of drug-likeness (QED) is 0.0895. The lowest BCUT2D eigenvalue weighted by Gasteiger charge is -2.37. The molecule has 0 amide bonds. The second-order valence-electron chi connectivity index (χ2n) is 10.8. The summed E-state index contributed by atoms with van der Waals surface area (Å²) >= 11 is 0. The van der Waals surface area contributed by atoms with Crippen molar-refractivity contribution in [3.63, 3.8) is 0 Å². The van der Waals surface area contributed by atoms with E-state index in [0.29, 0.717) is 13.2 Å². The first-order chi connectivity index (χ1) is 17.1. The minimum absolute atomic E-state index is 0.0538. The van der Waals surface area contributed by atoms with Crippen molar-refractivity contribution in [3.05, 3.63) is 35.9 Å². The molecule has 3 heteroatoms. The third-order valence-electron chi connectivity index (χ3n) is 6.73. The molecule has 0 aliphatic heterocycles. The molecule has 1 aromatic rings. The van der Waals surface area contributed by atoms with Crippen LogP contribution in [0.15, 0.2) is 30.3 Å². The zero-order valence-electron chi connectivity index (χ0n) is 23.7. The van der Waals surface area contributed by atoms with Crippen molar-refractivity contribution in [1.29, 1.82) is 0 Å². The van der Waals surface area contributed by atoms with E-state index in [4.69, 9.17) is 9.16 Å². The summed E-state index contributed by atoms with van der Waals surface area (Å²) < 4.78 is 12.6. The highest BCUT2D eigenvalue weighted by Gasteiger charge is 2.13. The fraction of sp³-hybridized carbons (Fsp3) is 0.750. The van der Waals surface area contributed by atoms with Gasteiger partial charge in [-0.3, -0.25) is 0 Å². The van der Waals surface area contributed by atoms with E-state index < -0.39 is 8.32 Å². The second kappa shape index (κ2) is 22.1. The van der Waals surface area contributed by atoms with E-state index in [1.54, 1.807) is 0 Å². The smallest absolute Gasteiger partial charge is 0.0883 e. The van der Waals surface area contributed by atoms with Crippen LogP contribution in [0.4, 0.5) is 0 Å². The molecule has 0 unspecified atom stereocenters. The lowest BCUT2D eigenvalue weighted by atomic mass is 10.0. The molecule has 0 bridgehead atoms. The molecular formula is C32H56O2Si-. The first-order valence-corrected chi connectivity index (χ1v) is 17.9. The minimum atomic E-state index is -1.61. The van der Waals surface area contributed by atoms with Gasteiger partial charge in [-0.15, -0.1) is 31.0 Å². The normalized spacial score (nSPS) is 12.3. The van der Waals surface area contributed by atoms with E-state index in [9.17, 15) is 0 Å². The van der Waals surface area contributed by atoms with Crippen LogP contribution in [0.3, 0.4) is 0 Å². The first kappa shape index (κ1) is 31.9. The van der Waals surface area contributed by atoms with Crippen molar-refractivity contribution in [1.82, 2.24) is 0 Å². The topological polar surface area (TPSA) is 18.5 Å². The van der Waals surface area contributed by atoms with Gasteiger partial charge in [0, 0.05) is 19.4 Å². The predicted molar refractivity (Wildman–Crippen MR) is 156 cm³/mol. The van der Waals surface area contributed by atoms with E-state index in [2.05, 4.69) is 63.0 Å². The van der Waals surface area contributed by atoms with Gasteiger partial charge in [-0.05, 0) is 20.3 Å². The van der Waals surface area contributed by atoms with Gasteiger partial charge in [-0.2, -0.15) is 0 Å². The molecule has 1 aromatic carbocycles. The molecule has 0 aliphatic rings. The Hall–Kier alpha value is -1.08. The average Bonchev–Trinajstić information content (AvgIpc) is 2.87. The molecule has 0 aliphatic carbocycles. The Morgan fingerprint density at radius 2 is 1.29 bits per heavy atom. The maximum atomic E-state index is 6.40. The Morgan fingerprint density at radius 3 is 1.89 bits per heavy atom. The standard InChI is InChI=1S/C32H56O2Si/c1-5-7-9-10-11-12-13-14-15-16-17-18-19-20-24-27-32(30-34-35(3,4)28-8-6-2)33-29-31-25-22-21-23-26-31/h21-23,25-26,32H,5-19,27-30H2,1-4H3/q-1/t32-/m1/s1. The molecule has 0 N–H and O–H groups in total. The van der Waals surface area contributed by atoms with Crippen LogP contribution in [0, 0.1) is 11.8 Å². The van der Waals surface area contributed by atoms with Gasteiger partial charge >= 0.3 is 0 Å². The molecule has 35 heavy (non-hydrogen) atoms. The molecule has 0 saturated carbocycles. The Labute approximate surface area is 220 Å². The second-order valence-corrected chi connectivity index (χ2v) is 15.1. The number of unbranched alkanes of at least 4 members (excludes halogenated alkanes) is 13. The lowest BCUT2D eigenvalue weighted by molar-refractivity contribution is 0.0105. The first-order valence-electron chi connectivity index (χ1n) is 14.8. The number of hydrogen-bond acceptors (Lipinski definition) is 2. The molecule has 201 valence electrons. The van der Waals surface area contributed by atoms with Crippen LogP contribution < -0.4 is 0 Å². The lowest BCUT2D eigenvalue weighted by Crippen LogP contribution is -2.34. The third kappa shape index (κ3) is 19.7. The van der Waals surface area contributed by atoms with E-state index in [1.165, 1.54) is 101 Å². The van der Waals surface area contributed by atoms with Crippen molar-refractivity contribution < 1.29 is 9.16 Å². The molecule has 0 spiro atoms. The van der Waals surface area contributed by atoms with Gasteiger partial charge < -0.3 is 9.16 Å². The molecule has 1 rings (SSSR count). The van der Waals surface area contributed by atoms with Crippen LogP contribution in [0.25, 0.3) is 0 Å². The highest BCUT2D eigenvalue weighted by molar-refractivity contribution is 6.71. The highest BCUT2D eigenvalue weighted by Crippen LogP contribution is 2.17. The van der Waals surface area contributed by atoms with Crippen molar-refractivity contribution in [2.24, 2.45) is 0 Å². The Balaban J connectivity index is 2.22. The van der Waals surface area contributed by atoms with Crippen LogP contribution in [0.1, 0.15) is 122 Å². The monoisotopic (exact) mass is 500 g/mol. The summed E-state index contributed by atoms with van der Waals surface area (Å²) in [4.78, 5) is 0. The molecule has 0 aromatic heterocycles. The third-order valence-corrected chi connectivity index (χ3v) is 9.24. The van der Waals surface area contributed by atoms with Crippen molar-refractivity contribution >= 4 is 8.32 Å². The molecule has 0 radical (unpaired) electrons. The fourth-order valence-corrected chi connectivity index (χ4v) is 6.26. The van der Waals surface area contributed by atoms with Gasteiger partial charge in [0.1, 0.15) is 0 Å². The predicted octanol–water partition coefficient (Wildman–Crippen LogP) is 10.1. The van der Waals surface area contributed by atoms with Crippen molar-refractivity contribution in [2.45, 2.75) is 148 Å². The molecule has 0 saturated heterocycles. The van der Waals surface area contributed by atoms with Gasteiger partial charge in [0.05, 0.1) is 12.7 Å². The van der Waals surface area contributed by atoms with E-state index in [0.717, 1.165) is 12.8 Å². The van der Waals surface area contributed by atoms with E-state index >= 15 is 0 Å². The number of hydrogen-bond donors (Lipinski definition) is 0. The molecule has 0 fully saturated rings. The maximum Gasteiger partial charge on any atom is 0.0883 e. The van der Waals surface area contributed by atoms with Gasteiger partial charge in [0.25, 0.3) is 0 Å². The van der Waals surface area contributed by atoms with E-state index in [1.807, 2.05) is 6.07 Å². The van der Waals surface area contributed by atoms with Gasteiger partial charge in [-0.1, -0.05) is 128 Å². The fourth-order valence-electron chi connectivity index (χ4n) is 4.28. The van der Waals surface area contributed by atoms with Crippen molar-refractivity contribution in [2.75, 3.05) is 6.61 Å². The minimum Gasteiger partial charge on any atom is -0.563 e. The summed E-state index contributed by atoms with van der Waals surface area (Å²) in [5.74, 6) is 6.81. The van der Waals surface area contributed by atoms with Crippen LogP contribution in [0.5, 0.6) is 0 Å². The summed E-state index contributed by atoms with van der Waals surface area (Å²) in [5, 5.41) is 0. The summed E-state index contributed by atoms with van der Waals surface area (Å²) in [5.41, 5.74) is 1.21. The highest BCUT2D eigenvalue weighted by atomic mass is 28.4. The summed E-state index contributed by atoms with van der Waals surface area (Å²) in [6, 6.07) is 11.7. The average molecular weight is 501 g/mol. The van der Waals surface area contributed by atoms with Crippen LogP contribution in [-0.2, 0) is 15.8 Å². The Morgan fingerprint density at radius 1 is 0.714 bits per heavy atom. The number of ether oxygens (including phenoxy) is 1. The van der Waals surface area contributed by atoms with Crippen molar-refractivity contribution in [3.8, 4) is 11.8 Å². The zero-order valence-corrected chi connectivity index (χ0v) is 24.7. The van der Waals surface area contributed by atoms with Crippen LogP contribution >= 0.6 is 0 Å². The van der Waals surface area contributed by atoms with Gasteiger partial charge in [0.15, 0.2) is 0 Å². The van der Waals surface area contributed by atoms with Gasteiger partial charge in [0.2, 0.25) is 0 Å². The largest absolute Gasteiger partial charge is 0.563 e. The molecule has 1 atom stereocenters. The summed E-state index contributed by atoms with van der Waals surface area (Å²) in [7, 11) is -1.61. The number of benzene rings is 1. The van der Waals surface area contributed by atoms with E-state index in [-0.39, 0.29) is 6.10 Å². The Bertz CT molecular complexity index is 647. The number of rotatable bonds is 22. The molecular weight excluding hydrogens is 444 g/mol. The van der Waals surface area contributed by atoms with Crippen LogP contribution in [-0.4, -0.2) is 21.0 Å². The van der Waals surface area contributed by atoms with Gasteiger partial charge in [-0.25, -0.2) is 0 Å². The SMILES string of the molecule is CCCCCCCCCCCCCCC#CC[C@H](CO[Si-](C)(C)CCCC)OCc1ccccc1. The summed E-state index contributed by atoms with van der Waals surface area (Å²) in [6.45, 7) is 10.5. The molecule has 0 heterocycles. The summed E-state index contributed by atoms with van der Waals surface area (Å²) in [6.07, 6.45) is 21.0. The molecule has 2 nitrogen and oxygen atoms in total. The van der Waals surface area contributed by atoms with Crippen LogP contribution in [0.2, 0.25) is 19.1 Å². The Kier molecular flexibility index (Phi) is 20.2. The zero-order chi connectivity index (χ0) is 25.5.